The maximum absolute atomic E-state index is 12.4. The van der Waals surface area contributed by atoms with Gasteiger partial charge in [-0.25, -0.2) is 0 Å². The molecular weight excluding hydrogens is 344 g/mol. The van der Waals surface area contributed by atoms with E-state index >= 15 is 0 Å². The van der Waals surface area contributed by atoms with Gasteiger partial charge < -0.3 is 20.6 Å². The SMILES string of the molecule is CCCCC(CN)NC(=O)c1ccc2c(c1)[nH]c(=O)c(=O)n2CC.Cl. The lowest BCUT2D eigenvalue weighted by Crippen LogP contribution is -2.40. The number of rotatable bonds is 7. The van der Waals surface area contributed by atoms with E-state index in [9.17, 15) is 14.4 Å². The molecule has 25 heavy (non-hydrogen) atoms. The van der Waals surface area contributed by atoms with E-state index in [2.05, 4.69) is 17.2 Å². The van der Waals surface area contributed by atoms with Gasteiger partial charge >= 0.3 is 11.1 Å². The van der Waals surface area contributed by atoms with Gasteiger partial charge in [-0.1, -0.05) is 19.8 Å². The van der Waals surface area contributed by atoms with Crippen LogP contribution in [0.1, 0.15) is 43.5 Å². The van der Waals surface area contributed by atoms with Gasteiger partial charge in [-0.2, -0.15) is 0 Å². The van der Waals surface area contributed by atoms with Gasteiger partial charge in [-0.05, 0) is 31.5 Å². The summed E-state index contributed by atoms with van der Waals surface area (Å²) in [6, 6.07) is 4.84. The lowest BCUT2D eigenvalue weighted by atomic mass is 10.1. The molecule has 2 aromatic rings. The molecule has 0 radical (unpaired) electrons. The summed E-state index contributed by atoms with van der Waals surface area (Å²) in [5.41, 5.74) is 5.91. The molecule has 2 rings (SSSR count). The van der Waals surface area contributed by atoms with E-state index < -0.39 is 11.1 Å². The third kappa shape index (κ3) is 4.70. The molecule has 0 aliphatic rings. The molecule has 1 heterocycles. The monoisotopic (exact) mass is 368 g/mol. The first-order valence-electron chi connectivity index (χ1n) is 8.29. The van der Waals surface area contributed by atoms with Gasteiger partial charge in [0.05, 0.1) is 11.0 Å². The number of aromatic amines is 1. The van der Waals surface area contributed by atoms with Crippen molar-refractivity contribution < 1.29 is 4.79 Å². The summed E-state index contributed by atoms with van der Waals surface area (Å²) in [5.74, 6) is -0.237. The first-order chi connectivity index (χ1) is 11.5. The van der Waals surface area contributed by atoms with Gasteiger partial charge in [0.25, 0.3) is 5.91 Å². The van der Waals surface area contributed by atoms with Crippen molar-refractivity contribution in [3.63, 3.8) is 0 Å². The second-order valence-corrected chi connectivity index (χ2v) is 5.78. The third-order valence-electron chi connectivity index (χ3n) is 4.08. The zero-order valence-electron chi connectivity index (χ0n) is 14.5. The number of hydrogen-bond donors (Lipinski definition) is 3. The number of nitrogens with two attached hydrogens (primary N) is 1. The first-order valence-corrected chi connectivity index (χ1v) is 8.29. The van der Waals surface area contributed by atoms with Crippen molar-refractivity contribution in [3.05, 3.63) is 44.5 Å². The lowest BCUT2D eigenvalue weighted by molar-refractivity contribution is 0.0936. The van der Waals surface area contributed by atoms with Crippen molar-refractivity contribution in [2.45, 2.75) is 45.7 Å². The Morgan fingerprint density at radius 3 is 2.64 bits per heavy atom. The molecule has 1 aromatic heterocycles. The molecule has 1 atom stereocenters. The Hall–Kier alpha value is -2.12. The van der Waals surface area contributed by atoms with Crippen LogP contribution in [0.2, 0.25) is 0 Å². The highest BCUT2D eigenvalue weighted by Crippen LogP contribution is 2.12. The average Bonchev–Trinajstić information content (AvgIpc) is 2.59. The Bertz CT molecular complexity index is 844. The molecule has 7 nitrogen and oxygen atoms in total. The van der Waals surface area contributed by atoms with Crippen LogP contribution in [0.5, 0.6) is 0 Å². The highest BCUT2D eigenvalue weighted by Gasteiger charge is 2.14. The van der Waals surface area contributed by atoms with Crippen LogP contribution in [-0.4, -0.2) is 28.0 Å². The number of carbonyl (C=O) groups is 1. The molecule has 0 aliphatic carbocycles. The molecule has 0 saturated heterocycles. The summed E-state index contributed by atoms with van der Waals surface area (Å²) in [5, 5.41) is 2.91. The molecule has 0 fully saturated rings. The number of carbonyl (C=O) groups excluding carboxylic acids is 1. The number of aryl methyl sites for hydroxylation is 1. The van der Waals surface area contributed by atoms with Crippen LogP contribution >= 0.6 is 12.4 Å². The largest absolute Gasteiger partial charge is 0.348 e. The summed E-state index contributed by atoms with van der Waals surface area (Å²) >= 11 is 0. The number of nitrogens with zero attached hydrogens (tertiary/aromatic N) is 1. The maximum atomic E-state index is 12.4. The maximum Gasteiger partial charge on any atom is 0.316 e. The Morgan fingerprint density at radius 2 is 2.04 bits per heavy atom. The highest BCUT2D eigenvalue weighted by molar-refractivity contribution is 5.97. The quantitative estimate of drug-likeness (QED) is 0.641. The summed E-state index contributed by atoms with van der Waals surface area (Å²) in [4.78, 5) is 38.5. The number of H-pyrrole nitrogens is 1. The number of unbranched alkanes of at least 4 members (excludes halogenated alkanes) is 1. The van der Waals surface area contributed by atoms with Crippen LogP contribution in [0, 0.1) is 0 Å². The van der Waals surface area contributed by atoms with E-state index in [-0.39, 0.29) is 24.4 Å². The Balaban J connectivity index is 0.00000312. The Labute approximate surface area is 152 Å². The van der Waals surface area contributed by atoms with E-state index in [4.69, 9.17) is 5.73 Å². The van der Waals surface area contributed by atoms with E-state index in [1.165, 1.54) is 4.57 Å². The number of nitrogens with one attached hydrogen (secondary N) is 2. The number of amides is 1. The fourth-order valence-electron chi connectivity index (χ4n) is 2.70. The smallest absolute Gasteiger partial charge is 0.316 e. The van der Waals surface area contributed by atoms with Crippen molar-refractivity contribution in [2.24, 2.45) is 5.73 Å². The van der Waals surface area contributed by atoms with E-state index in [1.54, 1.807) is 25.1 Å². The predicted octanol–water partition coefficient (Wildman–Crippen LogP) is 1.38. The minimum atomic E-state index is -0.690. The van der Waals surface area contributed by atoms with Gasteiger partial charge in [-0.15, -0.1) is 12.4 Å². The molecule has 0 bridgehead atoms. The van der Waals surface area contributed by atoms with Crippen LogP contribution in [0.4, 0.5) is 0 Å². The standard InChI is InChI=1S/C17H24N4O3.ClH/c1-3-5-6-12(10-18)19-15(22)11-7-8-14-13(9-11)20-16(23)17(24)21(14)4-2;/h7-9,12H,3-6,10,18H2,1-2H3,(H,19,22)(H,20,23);1H. The Morgan fingerprint density at radius 1 is 1.32 bits per heavy atom. The van der Waals surface area contributed by atoms with Crippen LogP contribution in [-0.2, 0) is 6.54 Å². The summed E-state index contributed by atoms with van der Waals surface area (Å²) in [6.45, 7) is 4.64. The van der Waals surface area contributed by atoms with E-state index in [1.807, 2.05) is 0 Å². The number of fused-ring (bicyclic) bond motifs is 1. The minimum Gasteiger partial charge on any atom is -0.348 e. The molecule has 4 N–H and O–H groups in total. The number of halogens is 1. The number of benzene rings is 1. The minimum absolute atomic E-state index is 0. The fourth-order valence-corrected chi connectivity index (χ4v) is 2.70. The second-order valence-electron chi connectivity index (χ2n) is 5.78. The van der Waals surface area contributed by atoms with Crippen molar-refractivity contribution in [2.75, 3.05) is 6.54 Å². The van der Waals surface area contributed by atoms with Gasteiger partial charge in [0, 0.05) is 24.7 Å². The first kappa shape index (κ1) is 20.9. The molecular formula is C17H25ClN4O3. The van der Waals surface area contributed by atoms with Crippen LogP contribution in [0.3, 0.4) is 0 Å². The van der Waals surface area contributed by atoms with Crippen LogP contribution in [0.15, 0.2) is 27.8 Å². The van der Waals surface area contributed by atoms with Crippen molar-refractivity contribution in [1.29, 1.82) is 0 Å². The average molecular weight is 369 g/mol. The Kier molecular flexibility index (Phi) is 7.86. The number of aromatic nitrogens is 2. The zero-order chi connectivity index (χ0) is 17.7. The fraction of sp³-hybridized carbons (Fsp3) is 0.471. The van der Waals surface area contributed by atoms with Gasteiger partial charge in [0.1, 0.15) is 0 Å². The lowest BCUT2D eigenvalue weighted by Gasteiger charge is -2.16. The number of hydrogen-bond acceptors (Lipinski definition) is 4. The molecule has 0 saturated carbocycles. The van der Waals surface area contributed by atoms with Gasteiger partial charge in [-0.3, -0.25) is 14.4 Å². The van der Waals surface area contributed by atoms with Crippen LogP contribution in [0.25, 0.3) is 11.0 Å². The molecule has 138 valence electrons. The van der Waals surface area contributed by atoms with E-state index in [0.29, 0.717) is 29.7 Å². The predicted molar refractivity (Wildman–Crippen MR) is 102 cm³/mol. The molecule has 1 aromatic carbocycles. The van der Waals surface area contributed by atoms with E-state index in [0.717, 1.165) is 19.3 Å². The second kappa shape index (κ2) is 9.39. The van der Waals surface area contributed by atoms with Crippen LogP contribution < -0.4 is 22.2 Å². The molecule has 1 amide bonds. The topological polar surface area (TPSA) is 110 Å². The molecule has 8 heteroatoms. The van der Waals surface area contributed by atoms with Gasteiger partial charge in [0.2, 0.25) is 0 Å². The molecule has 1 unspecified atom stereocenters. The van der Waals surface area contributed by atoms with Crippen molar-refractivity contribution in [1.82, 2.24) is 14.9 Å². The van der Waals surface area contributed by atoms with Gasteiger partial charge in [0.15, 0.2) is 0 Å². The summed E-state index contributed by atoms with van der Waals surface area (Å²) in [7, 11) is 0. The molecule has 0 aliphatic heterocycles. The normalized spacial score (nSPS) is 11.8. The summed E-state index contributed by atoms with van der Waals surface area (Å²) < 4.78 is 1.39. The molecule has 0 spiro atoms. The third-order valence-corrected chi connectivity index (χ3v) is 4.08. The summed E-state index contributed by atoms with van der Waals surface area (Å²) in [6.07, 6.45) is 2.87. The zero-order valence-corrected chi connectivity index (χ0v) is 15.3. The van der Waals surface area contributed by atoms with Crippen molar-refractivity contribution in [3.8, 4) is 0 Å². The highest BCUT2D eigenvalue weighted by atomic mass is 35.5. The van der Waals surface area contributed by atoms with Crippen molar-refractivity contribution >= 4 is 29.3 Å².